The molecule has 2 rings (SSSR count). The molecule has 1 unspecified atom stereocenters. The minimum absolute atomic E-state index is 0.325. The standard InChI is InChI=1S/C15H22O2S/c1-2-18-14-5-3-13(4-6-14)15(16)11-12-7-9-17-10-8-12/h3-6,12,15-16H,2,7-11H2,1H3. The molecule has 0 aromatic heterocycles. The van der Waals surface area contributed by atoms with Gasteiger partial charge < -0.3 is 9.84 Å². The number of rotatable bonds is 5. The summed E-state index contributed by atoms with van der Waals surface area (Å²) in [5.41, 5.74) is 1.04. The minimum Gasteiger partial charge on any atom is -0.388 e. The third-order valence-corrected chi connectivity index (χ3v) is 4.37. The van der Waals surface area contributed by atoms with E-state index in [1.807, 2.05) is 11.8 Å². The molecule has 1 aromatic rings. The first-order valence-corrected chi connectivity index (χ1v) is 7.76. The van der Waals surface area contributed by atoms with E-state index in [9.17, 15) is 5.11 Å². The van der Waals surface area contributed by atoms with E-state index in [4.69, 9.17) is 4.74 Å². The second-order valence-electron chi connectivity index (χ2n) is 4.81. The van der Waals surface area contributed by atoms with E-state index in [1.54, 1.807) is 0 Å². The Hall–Kier alpha value is -0.510. The molecule has 3 heteroatoms. The van der Waals surface area contributed by atoms with Crippen molar-refractivity contribution >= 4 is 11.8 Å². The monoisotopic (exact) mass is 266 g/mol. The van der Waals surface area contributed by atoms with Gasteiger partial charge in [-0.25, -0.2) is 0 Å². The lowest BCUT2D eigenvalue weighted by Crippen LogP contribution is -2.18. The Labute approximate surface area is 114 Å². The highest BCUT2D eigenvalue weighted by Gasteiger charge is 2.18. The molecule has 1 N–H and O–H groups in total. The second kappa shape index (κ2) is 7.17. The van der Waals surface area contributed by atoms with Gasteiger partial charge in [-0.1, -0.05) is 19.1 Å². The summed E-state index contributed by atoms with van der Waals surface area (Å²) in [7, 11) is 0. The van der Waals surface area contributed by atoms with Gasteiger partial charge in [0.05, 0.1) is 6.10 Å². The summed E-state index contributed by atoms with van der Waals surface area (Å²) >= 11 is 1.83. The van der Waals surface area contributed by atoms with Gasteiger partial charge in [0, 0.05) is 18.1 Å². The van der Waals surface area contributed by atoms with E-state index < -0.39 is 0 Å². The van der Waals surface area contributed by atoms with Gasteiger partial charge in [-0.2, -0.15) is 0 Å². The van der Waals surface area contributed by atoms with Gasteiger partial charge in [0.25, 0.3) is 0 Å². The lowest BCUT2D eigenvalue weighted by Gasteiger charge is -2.24. The molecular weight excluding hydrogens is 244 g/mol. The molecule has 1 aliphatic heterocycles. The van der Waals surface area contributed by atoms with Crippen LogP contribution in [0.15, 0.2) is 29.2 Å². The molecule has 0 amide bonds. The molecule has 0 radical (unpaired) electrons. The molecule has 18 heavy (non-hydrogen) atoms. The highest BCUT2D eigenvalue weighted by molar-refractivity contribution is 7.99. The van der Waals surface area contributed by atoms with Gasteiger partial charge in [0.15, 0.2) is 0 Å². The van der Waals surface area contributed by atoms with Crippen LogP contribution >= 0.6 is 11.8 Å². The molecule has 0 aliphatic carbocycles. The number of hydrogen-bond acceptors (Lipinski definition) is 3. The Balaban J connectivity index is 1.89. The van der Waals surface area contributed by atoms with E-state index >= 15 is 0 Å². The molecule has 0 saturated carbocycles. The molecule has 0 spiro atoms. The summed E-state index contributed by atoms with van der Waals surface area (Å²) in [6.07, 6.45) is 2.71. The second-order valence-corrected chi connectivity index (χ2v) is 6.15. The molecule has 1 atom stereocenters. The smallest absolute Gasteiger partial charge is 0.0792 e. The van der Waals surface area contributed by atoms with Crippen LogP contribution in [0, 0.1) is 5.92 Å². The summed E-state index contributed by atoms with van der Waals surface area (Å²) in [5.74, 6) is 1.70. The van der Waals surface area contributed by atoms with Crippen LogP contribution in [0.1, 0.15) is 37.9 Å². The fraction of sp³-hybridized carbons (Fsp3) is 0.600. The van der Waals surface area contributed by atoms with Gasteiger partial charge in [-0.3, -0.25) is 0 Å². The van der Waals surface area contributed by atoms with Gasteiger partial charge in [-0.15, -0.1) is 11.8 Å². The number of ether oxygens (including phenoxy) is 1. The Kier molecular flexibility index (Phi) is 5.54. The maximum atomic E-state index is 10.2. The van der Waals surface area contributed by atoms with Crippen molar-refractivity contribution in [3.8, 4) is 0 Å². The fourth-order valence-electron chi connectivity index (χ4n) is 2.39. The van der Waals surface area contributed by atoms with E-state index in [0.29, 0.717) is 5.92 Å². The lowest BCUT2D eigenvalue weighted by molar-refractivity contribution is 0.0435. The van der Waals surface area contributed by atoms with E-state index in [2.05, 4.69) is 31.2 Å². The number of aliphatic hydroxyl groups excluding tert-OH is 1. The SMILES string of the molecule is CCSc1ccc(C(O)CC2CCOCC2)cc1. The predicted octanol–water partition coefficient (Wildman–Crippen LogP) is 3.65. The highest BCUT2D eigenvalue weighted by Crippen LogP contribution is 2.28. The van der Waals surface area contributed by atoms with Crippen molar-refractivity contribution in [2.75, 3.05) is 19.0 Å². The largest absolute Gasteiger partial charge is 0.388 e. The molecule has 1 heterocycles. The number of aliphatic hydroxyl groups is 1. The van der Waals surface area contributed by atoms with Crippen LogP contribution in [0.3, 0.4) is 0 Å². The molecular formula is C15H22O2S. The zero-order chi connectivity index (χ0) is 12.8. The summed E-state index contributed by atoms with van der Waals surface area (Å²) < 4.78 is 5.35. The van der Waals surface area contributed by atoms with Crippen LogP contribution < -0.4 is 0 Å². The van der Waals surface area contributed by atoms with Crippen molar-refractivity contribution in [3.63, 3.8) is 0 Å². The average Bonchev–Trinajstić information content (AvgIpc) is 2.41. The molecule has 1 saturated heterocycles. The van der Waals surface area contributed by atoms with Gasteiger partial charge >= 0.3 is 0 Å². The van der Waals surface area contributed by atoms with E-state index in [-0.39, 0.29) is 6.10 Å². The minimum atomic E-state index is -0.325. The summed E-state index contributed by atoms with van der Waals surface area (Å²) in [5, 5.41) is 10.2. The maximum Gasteiger partial charge on any atom is 0.0792 e. The van der Waals surface area contributed by atoms with Crippen LogP contribution in [0.5, 0.6) is 0 Å². The summed E-state index contributed by atoms with van der Waals surface area (Å²) in [4.78, 5) is 1.28. The molecule has 1 aliphatic rings. The summed E-state index contributed by atoms with van der Waals surface area (Å²) in [6.45, 7) is 3.85. The Bertz CT molecular complexity index is 344. The molecule has 1 fully saturated rings. The first kappa shape index (κ1) is 13.9. The van der Waals surface area contributed by atoms with Crippen LogP contribution in [0.4, 0.5) is 0 Å². The number of hydrogen-bond donors (Lipinski definition) is 1. The van der Waals surface area contributed by atoms with Crippen molar-refractivity contribution in [2.45, 2.75) is 37.2 Å². The van der Waals surface area contributed by atoms with Gasteiger partial charge in [-0.05, 0) is 48.6 Å². The summed E-state index contributed by atoms with van der Waals surface area (Å²) in [6, 6.07) is 8.33. The molecule has 100 valence electrons. The zero-order valence-corrected chi connectivity index (χ0v) is 11.8. The third-order valence-electron chi connectivity index (χ3n) is 3.47. The Morgan fingerprint density at radius 3 is 2.56 bits per heavy atom. The van der Waals surface area contributed by atoms with Gasteiger partial charge in [0.2, 0.25) is 0 Å². The average molecular weight is 266 g/mol. The van der Waals surface area contributed by atoms with Crippen LogP contribution in [-0.2, 0) is 4.74 Å². The van der Waals surface area contributed by atoms with E-state index in [1.165, 1.54) is 4.90 Å². The molecule has 2 nitrogen and oxygen atoms in total. The fourth-order valence-corrected chi connectivity index (χ4v) is 3.05. The van der Waals surface area contributed by atoms with Crippen molar-refractivity contribution in [1.29, 1.82) is 0 Å². The third kappa shape index (κ3) is 4.01. The highest BCUT2D eigenvalue weighted by atomic mass is 32.2. The number of benzene rings is 1. The maximum absolute atomic E-state index is 10.2. The van der Waals surface area contributed by atoms with Crippen molar-refractivity contribution in [2.24, 2.45) is 5.92 Å². The lowest BCUT2D eigenvalue weighted by atomic mass is 9.91. The van der Waals surface area contributed by atoms with Gasteiger partial charge in [0.1, 0.15) is 0 Å². The topological polar surface area (TPSA) is 29.5 Å². The number of thioether (sulfide) groups is 1. The Morgan fingerprint density at radius 2 is 1.94 bits per heavy atom. The first-order valence-electron chi connectivity index (χ1n) is 6.78. The van der Waals surface area contributed by atoms with Crippen LogP contribution in [-0.4, -0.2) is 24.1 Å². The van der Waals surface area contributed by atoms with Crippen molar-refractivity contribution < 1.29 is 9.84 Å². The normalized spacial score (nSPS) is 18.8. The predicted molar refractivity (Wildman–Crippen MR) is 76.0 cm³/mol. The van der Waals surface area contributed by atoms with Crippen molar-refractivity contribution in [3.05, 3.63) is 29.8 Å². The molecule has 1 aromatic carbocycles. The van der Waals surface area contributed by atoms with Crippen LogP contribution in [0.25, 0.3) is 0 Å². The Morgan fingerprint density at radius 1 is 1.28 bits per heavy atom. The quantitative estimate of drug-likeness (QED) is 0.825. The van der Waals surface area contributed by atoms with Crippen molar-refractivity contribution in [1.82, 2.24) is 0 Å². The van der Waals surface area contributed by atoms with Crippen LogP contribution in [0.2, 0.25) is 0 Å². The first-order chi connectivity index (χ1) is 8.79. The molecule has 0 bridgehead atoms. The van der Waals surface area contributed by atoms with E-state index in [0.717, 1.165) is 43.8 Å². The zero-order valence-electron chi connectivity index (χ0n) is 11.0.